The number of aromatic nitrogens is 1. The van der Waals surface area contributed by atoms with Gasteiger partial charge < -0.3 is 15.2 Å². The number of nitrogens with one attached hydrogen (secondary N) is 2. The van der Waals surface area contributed by atoms with Gasteiger partial charge in [-0.1, -0.05) is 0 Å². The fraction of sp³-hybridized carbons (Fsp3) is 0.538. The molecule has 0 radical (unpaired) electrons. The van der Waals surface area contributed by atoms with Crippen molar-refractivity contribution in [3.63, 3.8) is 0 Å². The summed E-state index contributed by atoms with van der Waals surface area (Å²) in [6.45, 7) is 2.41. The van der Waals surface area contributed by atoms with E-state index in [1.807, 2.05) is 24.4 Å². The standard InChI is InChI=1S/C13H18N4O/c14-6-2-7-16-13(18)12-3-1-10-17(12)11-4-8-15-9-5-11/h1,3,10-11,15H,2,4-5,7-9H2,(H,16,18). The number of amides is 1. The van der Waals surface area contributed by atoms with Crippen LogP contribution in [0.2, 0.25) is 0 Å². The first kappa shape index (κ1) is 12.7. The molecule has 18 heavy (non-hydrogen) atoms. The predicted molar refractivity (Wildman–Crippen MR) is 68.1 cm³/mol. The lowest BCUT2D eigenvalue weighted by Gasteiger charge is -2.25. The highest BCUT2D eigenvalue weighted by atomic mass is 16.1. The summed E-state index contributed by atoms with van der Waals surface area (Å²) in [5.41, 5.74) is 0.694. The van der Waals surface area contributed by atoms with Crippen LogP contribution in [0.1, 0.15) is 35.8 Å². The number of nitrogens with zero attached hydrogens (tertiary/aromatic N) is 2. The number of nitriles is 1. The maximum absolute atomic E-state index is 12.0. The minimum Gasteiger partial charge on any atom is -0.350 e. The van der Waals surface area contributed by atoms with Crippen molar-refractivity contribution in [2.75, 3.05) is 19.6 Å². The van der Waals surface area contributed by atoms with Gasteiger partial charge >= 0.3 is 0 Å². The van der Waals surface area contributed by atoms with Crippen LogP contribution >= 0.6 is 0 Å². The minimum atomic E-state index is -0.0891. The summed E-state index contributed by atoms with van der Waals surface area (Å²) in [6.07, 6.45) is 4.41. The number of hydrogen-bond donors (Lipinski definition) is 2. The van der Waals surface area contributed by atoms with Crippen LogP contribution in [0.3, 0.4) is 0 Å². The highest BCUT2D eigenvalue weighted by Crippen LogP contribution is 2.21. The fourth-order valence-corrected chi connectivity index (χ4v) is 2.31. The van der Waals surface area contributed by atoms with Crippen LogP contribution < -0.4 is 10.6 Å². The number of carbonyl (C=O) groups excluding carboxylic acids is 1. The second-order valence-electron chi connectivity index (χ2n) is 4.45. The Labute approximate surface area is 107 Å². The van der Waals surface area contributed by atoms with Crippen LogP contribution in [-0.4, -0.2) is 30.1 Å². The number of rotatable bonds is 4. The van der Waals surface area contributed by atoms with Crippen LogP contribution in [0.4, 0.5) is 0 Å². The Morgan fingerprint density at radius 3 is 3.06 bits per heavy atom. The fourth-order valence-electron chi connectivity index (χ4n) is 2.31. The van der Waals surface area contributed by atoms with E-state index in [1.54, 1.807) is 0 Å². The van der Waals surface area contributed by atoms with Gasteiger partial charge in [0.25, 0.3) is 5.91 Å². The predicted octanol–water partition coefficient (Wildman–Crippen LogP) is 1.06. The van der Waals surface area contributed by atoms with E-state index in [-0.39, 0.29) is 5.91 Å². The van der Waals surface area contributed by atoms with Gasteiger partial charge in [0.05, 0.1) is 12.5 Å². The molecule has 1 aromatic rings. The van der Waals surface area contributed by atoms with Gasteiger partial charge in [0.2, 0.25) is 0 Å². The molecular formula is C13H18N4O. The van der Waals surface area contributed by atoms with Gasteiger partial charge in [0.1, 0.15) is 5.69 Å². The molecule has 0 atom stereocenters. The maximum Gasteiger partial charge on any atom is 0.267 e. The first-order valence-corrected chi connectivity index (χ1v) is 6.35. The number of hydrogen-bond acceptors (Lipinski definition) is 3. The SMILES string of the molecule is N#CCCNC(=O)c1cccn1C1CCNCC1. The zero-order valence-corrected chi connectivity index (χ0v) is 10.4. The topological polar surface area (TPSA) is 69.8 Å². The molecule has 1 aliphatic rings. The van der Waals surface area contributed by atoms with Crippen molar-refractivity contribution in [1.29, 1.82) is 5.26 Å². The maximum atomic E-state index is 12.0. The Morgan fingerprint density at radius 2 is 2.33 bits per heavy atom. The highest BCUT2D eigenvalue weighted by Gasteiger charge is 2.19. The lowest BCUT2D eigenvalue weighted by atomic mass is 10.1. The van der Waals surface area contributed by atoms with E-state index in [4.69, 9.17) is 5.26 Å². The summed E-state index contributed by atoms with van der Waals surface area (Å²) < 4.78 is 2.06. The first-order valence-electron chi connectivity index (χ1n) is 6.35. The van der Waals surface area contributed by atoms with Crippen LogP contribution in [0.25, 0.3) is 0 Å². The molecule has 2 N–H and O–H groups in total. The van der Waals surface area contributed by atoms with Crippen LogP contribution in [-0.2, 0) is 0 Å². The van der Waals surface area contributed by atoms with E-state index in [9.17, 15) is 4.79 Å². The van der Waals surface area contributed by atoms with Crippen molar-refractivity contribution in [2.45, 2.75) is 25.3 Å². The zero-order chi connectivity index (χ0) is 12.8. The molecule has 0 unspecified atom stereocenters. The second-order valence-corrected chi connectivity index (χ2v) is 4.45. The van der Waals surface area contributed by atoms with Crippen molar-refractivity contribution in [3.05, 3.63) is 24.0 Å². The third kappa shape index (κ3) is 2.90. The Hall–Kier alpha value is -1.80. The van der Waals surface area contributed by atoms with Gasteiger partial charge in [0, 0.05) is 18.8 Å². The summed E-state index contributed by atoms with van der Waals surface area (Å²) in [5.74, 6) is -0.0891. The van der Waals surface area contributed by atoms with E-state index in [1.165, 1.54) is 0 Å². The third-order valence-corrected chi connectivity index (χ3v) is 3.24. The summed E-state index contributed by atoms with van der Waals surface area (Å²) in [7, 11) is 0. The first-order chi connectivity index (χ1) is 8.83. The zero-order valence-electron chi connectivity index (χ0n) is 10.4. The van der Waals surface area contributed by atoms with E-state index in [0.29, 0.717) is 24.7 Å². The van der Waals surface area contributed by atoms with Crippen molar-refractivity contribution in [2.24, 2.45) is 0 Å². The molecule has 1 aromatic heterocycles. The molecule has 1 fully saturated rings. The highest BCUT2D eigenvalue weighted by molar-refractivity contribution is 5.92. The van der Waals surface area contributed by atoms with Crippen molar-refractivity contribution >= 4 is 5.91 Å². The Bertz CT molecular complexity index is 440. The van der Waals surface area contributed by atoms with Gasteiger partial charge in [-0.15, -0.1) is 0 Å². The molecule has 5 nitrogen and oxygen atoms in total. The molecule has 0 spiro atoms. The van der Waals surface area contributed by atoms with E-state index in [0.717, 1.165) is 25.9 Å². The molecule has 2 rings (SSSR count). The van der Waals surface area contributed by atoms with Gasteiger partial charge in [0.15, 0.2) is 0 Å². The van der Waals surface area contributed by atoms with E-state index >= 15 is 0 Å². The normalized spacial score (nSPS) is 16.2. The molecule has 5 heteroatoms. The molecule has 0 aliphatic carbocycles. The lowest BCUT2D eigenvalue weighted by Crippen LogP contribution is -2.32. The van der Waals surface area contributed by atoms with E-state index in [2.05, 4.69) is 15.2 Å². The Kier molecular flexibility index (Phi) is 4.37. The average molecular weight is 246 g/mol. The van der Waals surface area contributed by atoms with Crippen LogP contribution in [0.5, 0.6) is 0 Å². The second kappa shape index (κ2) is 6.22. The van der Waals surface area contributed by atoms with Gasteiger partial charge in [-0.05, 0) is 38.1 Å². The number of piperidine rings is 1. The molecule has 0 bridgehead atoms. The molecule has 0 aromatic carbocycles. The van der Waals surface area contributed by atoms with Crippen molar-refractivity contribution in [1.82, 2.24) is 15.2 Å². The van der Waals surface area contributed by atoms with Crippen LogP contribution in [0.15, 0.2) is 18.3 Å². The molecule has 0 saturated carbocycles. The molecule has 1 amide bonds. The number of carbonyl (C=O) groups is 1. The lowest BCUT2D eigenvalue weighted by molar-refractivity contribution is 0.0941. The summed E-state index contributed by atoms with van der Waals surface area (Å²) >= 11 is 0. The van der Waals surface area contributed by atoms with Crippen molar-refractivity contribution < 1.29 is 4.79 Å². The summed E-state index contributed by atoms with van der Waals surface area (Å²) in [4.78, 5) is 12.0. The van der Waals surface area contributed by atoms with Crippen molar-refractivity contribution in [3.8, 4) is 6.07 Å². The van der Waals surface area contributed by atoms with Crippen LogP contribution in [0, 0.1) is 11.3 Å². The molecule has 2 heterocycles. The monoisotopic (exact) mass is 246 g/mol. The molecular weight excluding hydrogens is 228 g/mol. The third-order valence-electron chi connectivity index (χ3n) is 3.24. The summed E-state index contributed by atoms with van der Waals surface area (Å²) in [5, 5.41) is 14.5. The minimum absolute atomic E-state index is 0.0891. The molecule has 1 aliphatic heterocycles. The van der Waals surface area contributed by atoms with Gasteiger partial charge in [-0.25, -0.2) is 0 Å². The average Bonchev–Trinajstić information content (AvgIpc) is 2.89. The van der Waals surface area contributed by atoms with E-state index < -0.39 is 0 Å². The van der Waals surface area contributed by atoms with Gasteiger partial charge in [-0.3, -0.25) is 4.79 Å². The van der Waals surface area contributed by atoms with Gasteiger partial charge in [-0.2, -0.15) is 5.26 Å². The molecule has 96 valence electrons. The smallest absolute Gasteiger partial charge is 0.267 e. The Morgan fingerprint density at radius 1 is 1.56 bits per heavy atom. The summed E-state index contributed by atoms with van der Waals surface area (Å²) in [6, 6.07) is 6.16. The molecule has 1 saturated heterocycles. The quantitative estimate of drug-likeness (QED) is 0.780. The Balaban J connectivity index is 2.02. The largest absolute Gasteiger partial charge is 0.350 e.